The van der Waals surface area contributed by atoms with Gasteiger partial charge in [-0.2, -0.15) is 0 Å². The van der Waals surface area contributed by atoms with Crippen LogP contribution in [0.15, 0.2) is 70.1 Å². The quantitative estimate of drug-likeness (QED) is 0.192. The Bertz CT molecular complexity index is 2610. The molecule has 53 heavy (non-hydrogen) atoms. The number of pyridine rings is 3. The fraction of sp³-hybridized carbons (Fsp3) is 0.250. The van der Waals surface area contributed by atoms with E-state index in [1.165, 1.54) is 0 Å². The number of imide groups is 1. The van der Waals surface area contributed by atoms with Crippen molar-refractivity contribution in [1.82, 2.24) is 35.1 Å². The highest BCUT2D eigenvalue weighted by Crippen LogP contribution is 2.37. The molecule has 7 heterocycles. The number of nitrogens with zero attached hydrogens (tertiary/aromatic N) is 6. The van der Waals surface area contributed by atoms with Crippen LogP contribution in [0, 0.1) is 25.7 Å². The summed E-state index contributed by atoms with van der Waals surface area (Å²) in [4.78, 5) is 70.4. The van der Waals surface area contributed by atoms with Gasteiger partial charge in [-0.25, -0.2) is 15.0 Å². The van der Waals surface area contributed by atoms with Gasteiger partial charge in [0.15, 0.2) is 11.6 Å². The summed E-state index contributed by atoms with van der Waals surface area (Å²) >= 11 is 0. The predicted molar refractivity (Wildman–Crippen MR) is 198 cm³/mol. The van der Waals surface area contributed by atoms with Crippen LogP contribution in [-0.2, 0) is 23.1 Å². The van der Waals surface area contributed by atoms with Crippen LogP contribution in [0.3, 0.4) is 0 Å². The van der Waals surface area contributed by atoms with Gasteiger partial charge >= 0.3 is 0 Å². The lowest BCUT2D eigenvalue weighted by Crippen LogP contribution is -2.39. The number of benzene rings is 1. The van der Waals surface area contributed by atoms with Gasteiger partial charge in [0.05, 0.1) is 35.7 Å². The Hall–Kier alpha value is -6.68. The number of fused-ring (bicyclic) bond motifs is 3. The van der Waals surface area contributed by atoms with Crippen molar-refractivity contribution in [2.45, 2.75) is 45.4 Å². The number of piperidine rings is 1. The number of anilines is 2. The van der Waals surface area contributed by atoms with Crippen LogP contribution in [0.2, 0.25) is 0 Å². The molecule has 1 aromatic carbocycles. The molecule has 1 unspecified atom stereocenters. The lowest BCUT2D eigenvalue weighted by Gasteiger charge is -2.31. The molecule has 2 N–H and O–H groups in total. The summed E-state index contributed by atoms with van der Waals surface area (Å²) in [5, 5.41) is 6.83. The molecule has 1 fully saturated rings. The van der Waals surface area contributed by atoms with E-state index in [1.54, 1.807) is 42.1 Å². The van der Waals surface area contributed by atoms with E-state index in [0.717, 1.165) is 58.5 Å². The van der Waals surface area contributed by atoms with Crippen molar-refractivity contribution in [3.63, 3.8) is 0 Å². The third-order valence-corrected chi connectivity index (χ3v) is 9.70. The first-order valence-corrected chi connectivity index (χ1v) is 17.4. The molecule has 0 radical (unpaired) electrons. The second kappa shape index (κ2) is 13.5. The first kappa shape index (κ1) is 33.5. The molecular weight excluding hydrogens is 672 g/mol. The van der Waals surface area contributed by atoms with Gasteiger partial charge in [0, 0.05) is 59.9 Å². The molecule has 5 aromatic heterocycles. The third-order valence-electron chi connectivity index (χ3n) is 9.70. The van der Waals surface area contributed by atoms with Crippen molar-refractivity contribution < 1.29 is 18.8 Å². The zero-order chi connectivity index (χ0) is 36.8. The Morgan fingerprint density at radius 2 is 1.87 bits per heavy atom. The Balaban J connectivity index is 0.950. The van der Waals surface area contributed by atoms with Crippen molar-refractivity contribution in [3.05, 3.63) is 105 Å². The van der Waals surface area contributed by atoms with E-state index in [-0.39, 0.29) is 41.9 Å². The maximum Gasteiger partial charge on any atom is 0.270 e. The molecule has 264 valence electrons. The number of aromatic nitrogens is 5. The van der Waals surface area contributed by atoms with Crippen LogP contribution in [0.5, 0.6) is 0 Å². The summed E-state index contributed by atoms with van der Waals surface area (Å²) < 4.78 is 7.47. The largest absolute Gasteiger partial charge is 0.448 e. The minimum absolute atomic E-state index is 0.0614. The lowest BCUT2D eigenvalue weighted by atomic mass is 9.88. The molecule has 0 bridgehead atoms. The Kier molecular flexibility index (Phi) is 8.50. The van der Waals surface area contributed by atoms with Crippen LogP contribution >= 0.6 is 0 Å². The van der Waals surface area contributed by atoms with Crippen molar-refractivity contribution in [3.8, 4) is 23.2 Å². The normalized spacial score (nSPS) is 15.5. The molecule has 8 rings (SSSR count). The third kappa shape index (κ3) is 6.29. The van der Waals surface area contributed by atoms with Crippen molar-refractivity contribution in [2.24, 2.45) is 7.05 Å². The zero-order valence-electron chi connectivity index (χ0n) is 29.3. The average Bonchev–Trinajstić information content (AvgIpc) is 3.59. The second-order valence-corrected chi connectivity index (χ2v) is 13.3. The minimum Gasteiger partial charge on any atom is -0.448 e. The van der Waals surface area contributed by atoms with E-state index in [2.05, 4.69) is 42.3 Å². The number of hydrogen-bond acceptors (Lipinski definition) is 10. The monoisotopic (exact) mass is 706 g/mol. The van der Waals surface area contributed by atoms with Crippen LogP contribution in [0.4, 0.5) is 11.4 Å². The number of rotatable bonds is 5. The molecule has 6 aromatic rings. The molecule has 0 saturated carbocycles. The number of carbonyl (C=O) groups excluding carboxylic acids is 3. The van der Waals surface area contributed by atoms with E-state index in [4.69, 9.17) is 9.40 Å². The molecule has 3 amide bonds. The fourth-order valence-corrected chi connectivity index (χ4v) is 7.09. The van der Waals surface area contributed by atoms with Crippen LogP contribution in [0.1, 0.15) is 63.9 Å². The van der Waals surface area contributed by atoms with Gasteiger partial charge in [0.2, 0.25) is 11.8 Å². The molecule has 13 nitrogen and oxygen atoms in total. The maximum atomic E-state index is 12.9. The number of carbonyl (C=O) groups is 3. The molecule has 1 atom stereocenters. The van der Waals surface area contributed by atoms with E-state index < -0.39 is 5.92 Å². The lowest BCUT2D eigenvalue weighted by molar-refractivity contribution is -0.134. The van der Waals surface area contributed by atoms with Crippen molar-refractivity contribution in [2.75, 3.05) is 18.0 Å². The molecule has 0 aliphatic carbocycles. The summed E-state index contributed by atoms with van der Waals surface area (Å²) in [6.45, 7) is 4.57. The van der Waals surface area contributed by atoms with Gasteiger partial charge in [-0.05, 0) is 74.9 Å². The summed E-state index contributed by atoms with van der Waals surface area (Å²) in [5.74, 6) is 5.35. The summed E-state index contributed by atoms with van der Waals surface area (Å²) in [6, 6.07) is 14.6. The van der Waals surface area contributed by atoms with E-state index in [9.17, 15) is 19.2 Å². The Morgan fingerprint density at radius 3 is 2.68 bits per heavy atom. The molecular formula is C40H34N8O5. The number of aryl methyl sites for hydroxylation is 4. The van der Waals surface area contributed by atoms with E-state index >= 15 is 0 Å². The number of amides is 3. The topological polar surface area (TPSA) is 165 Å². The summed E-state index contributed by atoms with van der Waals surface area (Å²) in [7, 11) is 1.75. The highest BCUT2D eigenvalue weighted by molar-refractivity contribution is 6.03. The molecule has 2 aliphatic rings. The van der Waals surface area contributed by atoms with Gasteiger partial charge in [-0.3, -0.25) is 34.0 Å². The highest BCUT2D eigenvalue weighted by Gasteiger charge is 2.30. The van der Waals surface area contributed by atoms with Crippen LogP contribution < -0.4 is 21.1 Å². The predicted octanol–water partition coefficient (Wildman–Crippen LogP) is 4.53. The van der Waals surface area contributed by atoms with Gasteiger partial charge in [-0.15, -0.1) is 0 Å². The fourth-order valence-electron chi connectivity index (χ4n) is 7.09. The number of hydrogen-bond donors (Lipinski definition) is 2. The smallest absolute Gasteiger partial charge is 0.270 e. The number of nitrogens with one attached hydrogen (secondary N) is 2. The SMILES string of the molecule is Cc1cc(N2CCCc3nc(-c4ccc(C(=O)NCC#Cc5cc6c(C7CCC(=O)NC7=O)cccc6o5)nc4)ncc32)c2cc(C)c(=O)n(C)c2n1. The molecule has 13 heteroatoms. The molecule has 1 saturated heterocycles. The summed E-state index contributed by atoms with van der Waals surface area (Å²) in [6.07, 6.45) is 5.80. The Labute approximate surface area is 303 Å². The minimum atomic E-state index is -0.441. The zero-order valence-corrected chi connectivity index (χ0v) is 29.3. The van der Waals surface area contributed by atoms with Crippen LogP contribution in [-0.4, -0.2) is 55.3 Å². The highest BCUT2D eigenvalue weighted by atomic mass is 16.3. The van der Waals surface area contributed by atoms with Gasteiger partial charge in [-0.1, -0.05) is 18.1 Å². The molecule has 0 spiro atoms. The average molecular weight is 707 g/mol. The molecule has 2 aliphatic heterocycles. The van der Waals surface area contributed by atoms with Crippen molar-refractivity contribution >= 4 is 51.1 Å². The van der Waals surface area contributed by atoms with Gasteiger partial charge in [0.1, 0.15) is 16.9 Å². The van der Waals surface area contributed by atoms with Gasteiger partial charge in [0.25, 0.3) is 11.5 Å². The number of furan rings is 1. The van der Waals surface area contributed by atoms with E-state index in [1.807, 2.05) is 44.3 Å². The summed E-state index contributed by atoms with van der Waals surface area (Å²) in [5.41, 5.74) is 7.08. The Morgan fingerprint density at radius 1 is 1.00 bits per heavy atom. The maximum absolute atomic E-state index is 12.9. The van der Waals surface area contributed by atoms with E-state index in [0.29, 0.717) is 40.4 Å². The van der Waals surface area contributed by atoms with Crippen molar-refractivity contribution in [1.29, 1.82) is 0 Å². The standard InChI is InChI=1S/C40H34N8O5/c1-22-17-29-32(18-23(2)44-37(29)47(3)40(22)52)48-16-6-9-30-33(48)21-43-36(45-30)24-11-13-31(42-20-24)39(51)41-15-5-7-25-19-28-26(8-4-10-34(28)53-25)27-12-14-35(49)46-38(27)50/h4,8,10-11,13,17-21,27H,6,9,12,14-16H2,1-3H3,(H,41,51)(H,46,49,50). The second-order valence-electron chi connectivity index (χ2n) is 13.3. The van der Waals surface area contributed by atoms with Crippen LogP contribution in [0.25, 0.3) is 33.4 Å². The first-order chi connectivity index (χ1) is 25.6. The first-order valence-electron chi connectivity index (χ1n) is 17.4. The van der Waals surface area contributed by atoms with Gasteiger partial charge < -0.3 is 14.6 Å².